The number of nitrogen functional groups attached to an aromatic ring is 1. The molecule has 0 aliphatic heterocycles. The van der Waals surface area contributed by atoms with Gasteiger partial charge in [-0.2, -0.15) is 0 Å². The average molecular weight is 252 g/mol. The third-order valence-electron chi connectivity index (χ3n) is 4.25. The Balaban J connectivity index is 1.78. The summed E-state index contributed by atoms with van der Waals surface area (Å²) in [5.41, 5.74) is 7.91. The number of hydrogen-bond acceptors (Lipinski definition) is 4. The minimum Gasteiger partial charge on any atom is -0.308 e. The molecule has 19 heavy (non-hydrogen) atoms. The Bertz CT molecular complexity index is 651. The molecular weight excluding hydrogens is 236 g/mol. The molecule has 2 aliphatic rings. The number of aromatic nitrogens is 2. The van der Waals surface area contributed by atoms with E-state index >= 15 is 0 Å². The molecule has 1 aromatic carbocycles. The number of nitrogens with two attached hydrogens (primary N) is 1. The molecule has 0 fully saturated rings. The van der Waals surface area contributed by atoms with Crippen molar-refractivity contribution in [2.45, 2.75) is 31.6 Å². The lowest BCUT2D eigenvalue weighted by Gasteiger charge is -2.29. The number of hydrazine groups is 1. The Hall–Kier alpha value is -1.94. The van der Waals surface area contributed by atoms with Crippen LogP contribution in [0.4, 0.5) is 5.82 Å². The van der Waals surface area contributed by atoms with Crippen molar-refractivity contribution in [2.24, 2.45) is 5.84 Å². The number of rotatable bonds is 2. The van der Waals surface area contributed by atoms with E-state index in [0.29, 0.717) is 5.92 Å². The van der Waals surface area contributed by atoms with Gasteiger partial charge in [-0.25, -0.2) is 15.8 Å². The average Bonchev–Trinajstić information content (AvgIpc) is 2.87. The van der Waals surface area contributed by atoms with Crippen LogP contribution in [-0.4, -0.2) is 9.97 Å². The maximum absolute atomic E-state index is 5.61. The van der Waals surface area contributed by atoms with Crippen LogP contribution in [0.2, 0.25) is 0 Å². The van der Waals surface area contributed by atoms with E-state index in [1.54, 1.807) is 0 Å². The van der Waals surface area contributed by atoms with E-state index in [1.807, 2.05) is 0 Å². The number of anilines is 1. The van der Waals surface area contributed by atoms with E-state index in [1.165, 1.54) is 22.4 Å². The first-order valence-corrected chi connectivity index (χ1v) is 6.81. The second-order valence-corrected chi connectivity index (χ2v) is 5.31. The van der Waals surface area contributed by atoms with Gasteiger partial charge in [0.05, 0.1) is 0 Å². The number of nitrogens with zero attached hydrogens (tertiary/aromatic N) is 2. The molecule has 1 heterocycles. The van der Waals surface area contributed by atoms with E-state index < -0.39 is 0 Å². The Morgan fingerprint density at radius 1 is 1.16 bits per heavy atom. The number of benzene rings is 1. The second-order valence-electron chi connectivity index (χ2n) is 5.31. The van der Waals surface area contributed by atoms with Crippen molar-refractivity contribution < 1.29 is 0 Å². The molecule has 4 nitrogen and oxygen atoms in total. The van der Waals surface area contributed by atoms with Crippen molar-refractivity contribution in [3.05, 3.63) is 52.5 Å². The molecule has 0 spiro atoms. The largest absolute Gasteiger partial charge is 0.308 e. The van der Waals surface area contributed by atoms with Crippen LogP contribution in [0, 0.1) is 0 Å². The molecule has 4 heteroatoms. The molecule has 0 radical (unpaired) electrons. The van der Waals surface area contributed by atoms with Crippen LogP contribution in [0.1, 0.15) is 40.5 Å². The fourth-order valence-corrected chi connectivity index (χ4v) is 3.22. The Morgan fingerprint density at radius 2 is 2.05 bits per heavy atom. The normalized spacial score (nSPS) is 19.5. The maximum atomic E-state index is 5.61. The van der Waals surface area contributed by atoms with Crippen molar-refractivity contribution in [3.63, 3.8) is 0 Å². The minimum absolute atomic E-state index is 0.342. The molecule has 4 rings (SSSR count). The zero-order valence-electron chi connectivity index (χ0n) is 10.7. The first-order valence-electron chi connectivity index (χ1n) is 6.81. The standard InChI is InChI=1S/C15H16N4/c16-19-15-11-6-3-7-13(11)17-14(18-15)12-8-9-4-1-2-5-10(9)12/h1-2,4-5,12H,3,6-8,16H2,(H,17,18,19). The van der Waals surface area contributed by atoms with Crippen molar-refractivity contribution in [1.29, 1.82) is 0 Å². The van der Waals surface area contributed by atoms with Crippen LogP contribution < -0.4 is 11.3 Å². The van der Waals surface area contributed by atoms with Gasteiger partial charge in [0, 0.05) is 17.2 Å². The summed E-state index contributed by atoms with van der Waals surface area (Å²) in [6, 6.07) is 8.53. The monoisotopic (exact) mass is 252 g/mol. The predicted molar refractivity (Wildman–Crippen MR) is 73.9 cm³/mol. The van der Waals surface area contributed by atoms with Crippen LogP contribution in [0.3, 0.4) is 0 Å². The van der Waals surface area contributed by atoms with Gasteiger partial charge in [-0.05, 0) is 36.8 Å². The summed E-state index contributed by atoms with van der Waals surface area (Å²) in [5, 5.41) is 0. The summed E-state index contributed by atoms with van der Waals surface area (Å²) >= 11 is 0. The van der Waals surface area contributed by atoms with E-state index in [9.17, 15) is 0 Å². The zero-order valence-corrected chi connectivity index (χ0v) is 10.7. The first kappa shape index (κ1) is 10.9. The van der Waals surface area contributed by atoms with Gasteiger partial charge in [0.25, 0.3) is 0 Å². The van der Waals surface area contributed by atoms with E-state index in [0.717, 1.165) is 37.3 Å². The van der Waals surface area contributed by atoms with Gasteiger partial charge in [0.1, 0.15) is 11.6 Å². The topological polar surface area (TPSA) is 63.8 Å². The van der Waals surface area contributed by atoms with Gasteiger partial charge in [-0.3, -0.25) is 0 Å². The van der Waals surface area contributed by atoms with Gasteiger partial charge in [0.15, 0.2) is 0 Å². The lowest BCUT2D eigenvalue weighted by Crippen LogP contribution is -2.22. The molecule has 0 bridgehead atoms. The SMILES string of the molecule is NNc1nc(C2Cc3ccccc32)nc2c1CCC2. The van der Waals surface area contributed by atoms with Gasteiger partial charge in [-0.1, -0.05) is 24.3 Å². The molecular formula is C15H16N4. The van der Waals surface area contributed by atoms with Crippen molar-refractivity contribution in [1.82, 2.24) is 9.97 Å². The molecule has 0 amide bonds. The summed E-state index contributed by atoms with van der Waals surface area (Å²) in [6.07, 6.45) is 4.28. The number of nitrogens with one attached hydrogen (secondary N) is 1. The summed E-state index contributed by atoms with van der Waals surface area (Å²) in [4.78, 5) is 9.41. The van der Waals surface area contributed by atoms with Crippen LogP contribution in [0.15, 0.2) is 24.3 Å². The second kappa shape index (κ2) is 4.03. The van der Waals surface area contributed by atoms with Gasteiger partial charge in [0.2, 0.25) is 0 Å². The smallest absolute Gasteiger partial charge is 0.147 e. The quantitative estimate of drug-likeness (QED) is 0.633. The van der Waals surface area contributed by atoms with Gasteiger partial charge < -0.3 is 5.43 Å². The number of fused-ring (bicyclic) bond motifs is 2. The Morgan fingerprint density at radius 3 is 2.89 bits per heavy atom. The molecule has 2 aromatic rings. The van der Waals surface area contributed by atoms with Crippen LogP contribution >= 0.6 is 0 Å². The van der Waals surface area contributed by atoms with Crippen LogP contribution in [0.25, 0.3) is 0 Å². The van der Waals surface area contributed by atoms with Gasteiger partial charge in [-0.15, -0.1) is 0 Å². The molecule has 3 N–H and O–H groups in total. The summed E-state index contributed by atoms with van der Waals surface area (Å²) in [5.74, 6) is 7.69. The fraction of sp³-hybridized carbons (Fsp3) is 0.333. The third kappa shape index (κ3) is 1.56. The summed E-state index contributed by atoms with van der Waals surface area (Å²) < 4.78 is 0. The minimum atomic E-state index is 0.342. The van der Waals surface area contributed by atoms with Crippen LogP contribution in [0.5, 0.6) is 0 Å². The highest BCUT2D eigenvalue weighted by molar-refractivity contribution is 5.51. The maximum Gasteiger partial charge on any atom is 0.147 e. The molecule has 1 unspecified atom stereocenters. The highest BCUT2D eigenvalue weighted by atomic mass is 15.3. The fourth-order valence-electron chi connectivity index (χ4n) is 3.22. The lowest BCUT2D eigenvalue weighted by molar-refractivity contribution is 0.655. The molecule has 0 saturated carbocycles. The lowest BCUT2D eigenvalue weighted by atomic mass is 9.77. The molecule has 1 atom stereocenters. The van der Waals surface area contributed by atoms with E-state index in [-0.39, 0.29) is 0 Å². The third-order valence-corrected chi connectivity index (χ3v) is 4.25. The van der Waals surface area contributed by atoms with Crippen LogP contribution in [-0.2, 0) is 19.3 Å². The van der Waals surface area contributed by atoms with Gasteiger partial charge >= 0.3 is 0 Å². The summed E-state index contributed by atoms with van der Waals surface area (Å²) in [6.45, 7) is 0. The molecule has 0 saturated heterocycles. The molecule has 96 valence electrons. The van der Waals surface area contributed by atoms with Crippen molar-refractivity contribution >= 4 is 5.82 Å². The predicted octanol–water partition coefficient (Wildman–Crippen LogP) is 1.94. The highest BCUT2D eigenvalue weighted by Gasteiger charge is 2.31. The first-order chi connectivity index (χ1) is 9.36. The Kier molecular flexibility index (Phi) is 2.32. The molecule has 1 aromatic heterocycles. The molecule has 2 aliphatic carbocycles. The number of aryl methyl sites for hydroxylation is 1. The summed E-state index contributed by atoms with van der Waals surface area (Å²) in [7, 11) is 0. The van der Waals surface area contributed by atoms with Crippen molar-refractivity contribution in [2.75, 3.05) is 5.43 Å². The Labute approximate surface area is 112 Å². The number of hydrogen-bond donors (Lipinski definition) is 2. The van der Waals surface area contributed by atoms with E-state index in [2.05, 4.69) is 34.7 Å². The van der Waals surface area contributed by atoms with Crippen molar-refractivity contribution in [3.8, 4) is 0 Å². The highest BCUT2D eigenvalue weighted by Crippen LogP contribution is 2.39. The van der Waals surface area contributed by atoms with E-state index in [4.69, 9.17) is 10.8 Å². The zero-order chi connectivity index (χ0) is 12.8.